The van der Waals surface area contributed by atoms with Crippen LogP contribution in [0.3, 0.4) is 0 Å². The summed E-state index contributed by atoms with van der Waals surface area (Å²) >= 11 is 3.47. The predicted octanol–water partition coefficient (Wildman–Crippen LogP) is 5.02. The van der Waals surface area contributed by atoms with Crippen molar-refractivity contribution in [3.05, 3.63) is 58.6 Å². The molecule has 1 N–H and O–H groups in total. The molecule has 0 heterocycles. The third-order valence-corrected chi connectivity index (χ3v) is 3.76. The largest absolute Gasteiger partial charge is 0.495 e. The Hall–Kier alpha value is -1.48. The highest BCUT2D eigenvalue weighted by molar-refractivity contribution is 9.10. The van der Waals surface area contributed by atoms with Gasteiger partial charge in [-0.25, -0.2) is 0 Å². The van der Waals surface area contributed by atoms with Crippen LogP contribution in [0.2, 0.25) is 0 Å². The van der Waals surface area contributed by atoms with Crippen LogP contribution in [0.1, 0.15) is 24.9 Å². The fourth-order valence-corrected chi connectivity index (χ4v) is 2.47. The van der Waals surface area contributed by atoms with Gasteiger partial charge >= 0.3 is 0 Å². The van der Waals surface area contributed by atoms with Gasteiger partial charge in [0.15, 0.2) is 0 Å². The summed E-state index contributed by atoms with van der Waals surface area (Å²) in [6.45, 7) is 2.18. The van der Waals surface area contributed by atoms with Gasteiger partial charge in [0, 0.05) is 11.8 Å². The Morgan fingerprint density at radius 3 is 2.53 bits per heavy atom. The Morgan fingerprint density at radius 2 is 1.89 bits per heavy atom. The molecule has 2 aromatic carbocycles. The highest BCUT2D eigenvalue weighted by Gasteiger charge is 2.09. The van der Waals surface area contributed by atoms with Gasteiger partial charge < -0.3 is 10.1 Å². The lowest BCUT2D eigenvalue weighted by molar-refractivity contribution is 0.412. The van der Waals surface area contributed by atoms with E-state index in [2.05, 4.69) is 58.5 Å². The lowest BCUT2D eigenvalue weighted by Crippen LogP contribution is -2.09. The summed E-state index contributed by atoms with van der Waals surface area (Å²) in [5, 5.41) is 3.55. The maximum absolute atomic E-state index is 5.32. The van der Waals surface area contributed by atoms with Crippen molar-refractivity contribution in [1.29, 1.82) is 0 Å². The van der Waals surface area contributed by atoms with Gasteiger partial charge in [0.2, 0.25) is 0 Å². The summed E-state index contributed by atoms with van der Waals surface area (Å²) in [4.78, 5) is 0. The molecule has 0 aliphatic rings. The molecule has 0 bridgehead atoms. The SMILES string of the molecule is CCC(Nc1ccc(Br)c(OC)c1)c1ccccc1. The van der Waals surface area contributed by atoms with E-state index < -0.39 is 0 Å². The topological polar surface area (TPSA) is 21.3 Å². The van der Waals surface area contributed by atoms with Crippen molar-refractivity contribution in [3.8, 4) is 5.75 Å². The number of benzene rings is 2. The highest BCUT2D eigenvalue weighted by atomic mass is 79.9. The minimum Gasteiger partial charge on any atom is -0.495 e. The second-order valence-electron chi connectivity index (χ2n) is 4.37. The van der Waals surface area contributed by atoms with Crippen molar-refractivity contribution >= 4 is 21.6 Å². The summed E-state index contributed by atoms with van der Waals surface area (Å²) in [5.74, 6) is 0.841. The molecule has 0 spiro atoms. The summed E-state index contributed by atoms with van der Waals surface area (Å²) in [5.41, 5.74) is 2.36. The normalized spacial score (nSPS) is 11.9. The fourth-order valence-electron chi connectivity index (χ4n) is 2.06. The van der Waals surface area contributed by atoms with E-state index in [1.807, 2.05) is 18.2 Å². The molecule has 0 aromatic heterocycles. The zero-order valence-corrected chi connectivity index (χ0v) is 12.8. The Morgan fingerprint density at radius 1 is 1.16 bits per heavy atom. The molecule has 2 nitrogen and oxygen atoms in total. The van der Waals surface area contributed by atoms with Crippen LogP contribution in [-0.2, 0) is 0 Å². The number of halogens is 1. The van der Waals surface area contributed by atoms with Gasteiger partial charge in [-0.3, -0.25) is 0 Å². The smallest absolute Gasteiger partial charge is 0.135 e. The zero-order chi connectivity index (χ0) is 13.7. The van der Waals surface area contributed by atoms with E-state index in [-0.39, 0.29) is 0 Å². The minimum atomic E-state index is 0.312. The average Bonchev–Trinajstić information content (AvgIpc) is 2.47. The Labute approximate surface area is 122 Å². The van der Waals surface area contributed by atoms with Gasteiger partial charge in [0.25, 0.3) is 0 Å². The van der Waals surface area contributed by atoms with Crippen LogP contribution >= 0.6 is 15.9 Å². The van der Waals surface area contributed by atoms with E-state index in [9.17, 15) is 0 Å². The zero-order valence-electron chi connectivity index (χ0n) is 11.2. The van der Waals surface area contributed by atoms with Crippen molar-refractivity contribution in [2.24, 2.45) is 0 Å². The Bertz CT molecular complexity index is 528. The van der Waals surface area contributed by atoms with E-state index in [4.69, 9.17) is 4.74 Å². The molecule has 3 heteroatoms. The molecule has 0 fully saturated rings. The van der Waals surface area contributed by atoms with Crippen LogP contribution in [0, 0.1) is 0 Å². The van der Waals surface area contributed by atoms with E-state index in [0.717, 1.165) is 22.3 Å². The maximum atomic E-state index is 5.32. The molecule has 0 aliphatic heterocycles. The van der Waals surface area contributed by atoms with Crippen LogP contribution in [0.15, 0.2) is 53.0 Å². The fraction of sp³-hybridized carbons (Fsp3) is 0.250. The van der Waals surface area contributed by atoms with Crippen LogP contribution in [-0.4, -0.2) is 7.11 Å². The molecule has 1 unspecified atom stereocenters. The summed E-state index contributed by atoms with van der Waals surface area (Å²) in [6.07, 6.45) is 1.03. The number of rotatable bonds is 5. The first-order chi connectivity index (χ1) is 9.24. The van der Waals surface area contributed by atoms with Crippen LogP contribution in [0.25, 0.3) is 0 Å². The number of ether oxygens (including phenoxy) is 1. The van der Waals surface area contributed by atoms with Crippen LogP contribution < -0.4 is 10.1 Å². The van der Waals surface area contributed by atoms with E-state index >= 15 is 0 Å². The minimum absolute atomic E-state index is 0.312. The first-order valence-electron chi connectivity index (χ1n) is 6.39. The molecule has 19 heavy (non-hydrogen) atoms. The van der Waals surface area contributed by atoms with Gasteiger partial charge in [-0.05, 0) is 40.0 Å². The molecule has 0 radical (unpaired) electrons. The molecule has 0 saturated heterocycles. The Kier molecular flexibility index (Phi) is 4.86. The molecule has 0 saturated carbocycles. The van der Waals surface area contributed by atoms with Crippen molar-refractivity contribution < 1.29 is 4.74 Å². The first kappa shape index (κ1) is 13.9. The second kappa shape index (κ2) is 6.62. The van der Waals surface area contributed by atoms with E-state index in [0.29, 0.717) is 6.04 Å². The summed E-state index contributed by atoms with van der Waals surface area (Å²) < 4.78 is 6.29. The molecule has 0 aliphatic carbocycles. The molecule has 0 amide bonds. The number of methoxy groups -OCH3 is 1. The molecule has 1 atom stereocenters. The molecular weight excluding hydrogens is 302 g/mol. The van der Waals surface area contributed by atoms with Crippen LogP contribution in [0.5, 0.6) is 5.75 Å². The second-order valence-corrected chi connectivity index (χ2v) is 5.22. The molecule has 100 valence electrons. The predicted molar refractivity (Wildman–Crippen MR) is 83.8 cm³/mol. The van der Waals surface area contributed by atoms with Crippen molar-refractivity contribution in [1.82, 2.24) is 0 Å². The van der Waals surface area contributed by atoms with Gasteiger partial charge in [0.1, 0.15) is 5.75 Å². The van der Waals surface area contributed by atoms with Gasteiger partial charge in [0.05, 0.1) is 17.6 Å². The number of hydrogen-bond acceptors (Lipinski definition) is 2. The van der Waals surface area contributed by atoms with E-state index in [1.54, 1.807) is 7.11 Å². The monoisotopic (exact) mass is 319 g/mol. The highest BCUT2D eigenvalue weighted by Crippen LogP contribution is 2.30. The number of anilines is 1. The molecule has 2 aromatic rings. The van der Waals surface area contributed by atoms with Crippen LogP contribution in [0.4, 0.5) is 5.69 Å². The third-order valence-electron chi connectivity index (χ3n) is 3.10. The lowest BCUT2D eigenvalue weighted by Gasteiger charge is -2.19. The number of hydrogen-bond donors (Lipinski definition) is 1. The van der Waals surface area contributed by atoms with Crippen molar-refractivity contribution in [2.45, 2.75) is 19.4 Å². The molecular formula is C16H18BrNO. The average molecular weight is 320 g/mol. The number of nitrogens with one attached hydrogen (secondary N) is 1. The standard InChI is InChI=1S/C16H18BrNO/c1-3-15(12-7-5-4-6-8-12)18-13-9-10-14(17)16(11-13)19-2/h4-11,15,18H,3H2,1-2H3. The first-order valence-corrected chi connectivity index (χ1v) is 7.19. The quantitative estimate of drug-likeness (QED) is 0.835. The van der Waals surface area contributed by atoms with Crippen molar-refractivity contribution in [3.63, 3.8) is 0 Å². The van der Waals surface area contributed by atoms with Gasteiger partial charge in [-0.2, -0.15) is 0 Å². The van der Waals surface area contributed by atoms with Gasteiger partial charge in [-0.1, -0.05) is 37.3 Å². The third kappa shape index (κ3) is 3.51. The van der Waals surface area contributed by atoms with Crippen molar-refractivity contribution in [2.75, 3.05) is 12.4 Å². The Balaban J connectivity index is 2.19. The molecule has 2 rings (SSSR count). The lowest BCUT2D eigenvalue weighted by atomic mass is 10.0. The van der Waals surface area contributed by atoms with Gasteiger partial charge in [-0.15, -0.1) is 0 Å². The summed E-state index contributed by atoms with van der Waals surface area (Å²) in [6, 6.07) is 16.9. The summed E-state index contributed by atoms with van der Waals surface area (Å²) in [7, 11) is 1.68. The maximum Gasteiger partial charge on any atom is 0.135 e. The van der Waals surface area contributed by atoms with E-state index in [1.165, 1.54) is 5.56 Å².